The summed E-state index contributed by atoms with van der Waals surface area (Å²) in [6.07, 6.45) is 1.50. The normalized spacial score (nSPS) is 10.7. The van der Waals surface area contributed by atoms with Crippen LogP contribution in [-0.4, -0.2) is 76.9 Å². The average Bonchev–Trinajstić information content (AvgIpc) is 2.59. The zero-order valence-corrected chi connectivity index (χ0v) is 16.5. The largest absolute Gasteiger partial charge is 0.466 e. The molecule has 0 aromatic rings. The zero-order valence-electron chi connectivity index (χ0n) is 16.5. The molecule has 0 rings (SSSR count). The Kier molecular flexibility index (Phi) is 16.6. The molecule has 0 aliphatic rings. The average molecular weight is 392 g/mol. The molecule has 0 aromatic carbocycles. The third-order valence-electron chi connectivity index (χ3n) is 3.03. The van der Waals surface area contributed by atoms with E-state index in [0.29, 0.717) is 72.1 Å². The van der Waals surface area contributed by atoms with Crippen LogP contribution in [0.2, 0.25) is 0 Å². The Hall–Kier alpha value is -1.71. The molecule has 0 saturated carbocycles. The maximum atomic E-state index is 10.7. The fourth-order valence-corrected chi connectivity index (χ4v) is 1.85. The van der Waals surface area contributed by atoms with Gasteiger partial charge in [0.25, 0.3) is 0 Å². The highest BCUT2D eigenvalue weighted by atomic mass is 16.6. The van der Waals surface area contributed by atoms with Crippen LogP contribution in [0.25, 0.3) is 0 Å². The molecule has 0 amide bonds. The molecule has 0 radical (unpaired) electrons. The Morgan fingerprint density at radius 3 is 1.33 bits per heavy atom. The third kappa shape index (κ3) is 20.5. The van der Waals surface area contributed by atoms with Crippen LogP contribution in [0, 0.1) is 0 Å². The van der Waals surface area contributed by atoms with E-state index in [9.17, 15) is 14.4 Å². The van der Waals surface area contributed by atoms with E-state index < -0.39 is 0 Å². The van der Waals surface area contributed by atoms with Crippen molar-refractivity contribution in [2.75, 3.05) is 52.9 Å². The van der Waals surface area contributed by atoms with Crippen molar-refractivity contribution < 1.29 is 42.8 Å². The van der Waals surface area contributed by atoms with Gasteiger partial charge in [-0.1, -0.05) is 0 Å². The Morgan fingerprint density at radius 2 is 0.963 bits per heavy atom. The minimum Gasteiger partial charge on any atom is -0.466 e. The topological polar surface area (TPSA) is 107 Å². The van der Waals surface area contributed by atoms with Gasteiger partial charge in [0.05, 0.1) is 39.6 Å². The molecule has 0 aliphatic carbocycles. The Morgan fingerprint density at radius 1 is 0.593 bits per heavy atom. The number of esters is 3. The highest BCUT2D eigenvalue weighted by Crippen LogP contribution is 2.00. The molecular formula is C18H32O9. The van der Waals surface area contributed by atoms with Gasteiger partial charge in [-0.2, -0.15) is 0 Å². The van der Waals surface area contributed by atoms with Gasteiger partial charge in [0.2, 0.25) is 0 Å². The molecule has 27 heavy (non-hydrogen) atoms. The predicted octanol–water partition coefficient (Wildman–Crippen LogP) is 1.26. The fraction of sp³-hybridized carbons (Fsp3) is 0.833. The molecular weight excluding hydrogens is 360 g/mol. The second-order valence-electron chi connectivity index (χ2n) is 5.72. The Labute approximate surface area is 160 Å². The molecule has 0 heterocycles. The summed E-state index contributed by atoms with van der Waals surface area (Å²) in [5, 5.41) is 0. The molecule has 0 fully saturated rings. The smallest absolute Gasteiger partial charge is 0.302 e. The van der Waals surface area contributed by atoms with Crippen molar-refractivity contribution in [3.05, 3.63) is 0 Å². The van der Waals surface area contributed by atoms with E-state index in [1.54, 1.807) is 0 Å². The van der Waals surface area contributed by atoms with Crippen molar-refractivity contribution in [2.45, 2.75) is 46.1 Å². The van der Waals surface area contributed by atoms with Crippen molar-refractivity contribution in [3.8, 4) is 0 Å². The van der Waals surface area contributed by atoms with Crippen LogP contribution in [0.15, 0.2) is 0 Å². The van der Waals surface area contributed by atoms with E-state index in [4.69, 9.17) is 28.4 Å². The van der Waals surface area contributed by atoms with Crippen LogP contribution in [-0.2, 0) is 42.8 Å². The number of ether oxygens (including phenoxy) is 6. The quantitative estimate of drug-likeness (QED) is 0.205. The van der Waals surface area contributed by atoms with Crippen LogP contribution < -0.4 is 0 Å². The van der Waals surface area contributed by atoms with Gasteiger partial charge < -0.3 is 28.4 Å². The lowest BCUT2D eigenvalue weighted by Gasteiger charge is -2.18. The summed E-state index contributed by atoms with van der Waals surface area (Å²) in [7, 11) is 0. The standard InChI is InChI=1S/C18H32O9/c1-15(19)24-9-4-7-22-13-18(27-12-6-11-26-17(3)21)14-23-8-5-10-25-16(2)20/h18H,4-14H2,1-3H3. The lowest BCUT2D eigenvalue weighted by atomic mass is 10.4. The molecule has 0 atom stereocenters. The van der Waals surface area contributed by atoms with Crippen molar-refractivity contribution in [1.29, 1.82) is 0 Å². The molecule has 0 spiro atoms. The number of carbonyl (C=O) groups is 3. The first-order chi connectivity index (χ1) is 12.9. The van der Waals surface area contributed by atoms with E-state index >= 15 is 0 Å². The second kappa shape index (κ2) is 17.7. The minimum atomic E-state index is -0.321. The second-order valence-corrected chi connectivity index (χ2v) is 5.72. The van der Waals surface area contributed by atoms with E-state index in [-0.39, 0.29) is 24.0 Å². The predicted molar refractivity (Wildman–Crippen MR) is 95.1 cm³/mol. The van der Waals surface area contributed by atoms with Gasteiger partial charge in [-0.05, 0) is 0 Å². The molecule has 158 valence electrons. The van der Waals surface area contributed by atoms with Gasteiger partial charge in [0, 0.05) is 53.2 Å². The van der Waals surface area contributed by atoms with Gasteiger partial charge in [0.1, 0.15) is 6.10 Å². The molecule has 0 aromatic heterocycles. The third-order valence-corrected chi connectivity index (χ3v) is 3.03. The fourth-order valence-electron chi connectivity index (χ4n) is 1.85. The summed E-state index contributed by atoms with van der Waals surface area (Å²) in [4.78, 5) is 32.1. The first-order valence-electron chi connectivity index (χ1n) is 9.09. The summed E-state index contributed by atoms with van der Waals surface area (Å²) in [6.45, 7) is 6.96. The van der Waals surface area contributed by atoms with Crippen LogP contribution in [0.3, 0.4) is 0 Å². The van der Waals surface area contributed by atoms with Crippen molar-refractivity contribution >= 4 is 17.9 Å². The van der Waals surface area contributed by atoms with Crippen molar-refractivity contribution in [2.24, 2.45) is 0 Å². The molecule has 0 aliphatic heterocycles. The maximum absolute atomic E-state index is 10.7. The first-order valence-corrected chi connectivity index (χ1v) is 9.09. The lowest BCUT2D eigenvalue weighted by Crippen LogP contribution is -2.27. The Balaban J connectivity index is 3.92. The summed E-state index contributed by atoms with van der Waals surface area (Å²) in [5.74, 6) is -0.948. The van der Waals surface area contributed by atoms with E-state index in [1.807, 2.05) is 0 Å². The number of rotatable bonds is 17. The maximum Gasteiger partial charge on any atom is 0.302 e. The first kappa shape index (κ1) is 25.3. The highest BCUT2D eigenvalue weighted by Gasteiger charge is 2.10. The SMILES string of the molecule is CC(=O)OCCCOCC(COCCCOC(C)=O)OCCCOC(C)=O. The van der Waals surface area contributed by atoms with Gasteiger partial charge in [-0.3, -0.25) is 14.4 Å². The molecule has 0 bridgehead atoms. The van der Waals surface area contributed by atoms with E-state index in [1.165, 1.54) is 20.8 Å². The summed E-state index contributed by atoms with van der Waals surface area (Å²) in [5.41, 5.74) is 0. The van der Waals surface area contributed by atoms with Crippen molar-refractivity contribution in [1.82, 2.24) is 0 Å². The monoisotopic (exact) mass is 392 g/mol. The molecule has 0 saturated heterocycles. The van der Waals surface area contributed by atoms with Crippen molar-refractivity contribution in [3.63, 3.8) is 0 Å². The molecule has 0 unspecified atom stereocenters. The summed E-state index contributed by atoms with van der Waals surface area (Å²) >= 11 is 0. The van der Waals surface area contributed by atoms with Crippen LogP contribution >= 0.6 is 0 Å². The van der Waals surface area contributed by atoms with Crippen LogP contribution in [0.1, 0.15) is 40.0 Å². The van der Waals surface area contributed by atoms with Gasteiger partial charge >= 0.3 is 17.9 Å². The van der Waals surface area contributed by atoms with Crippen LogP contribution in [0.4, 0.5) is 0 Å². The number of hydrogen-bond acceptors (Lipinski definition) is 9. The zero-order chi connectivity index (χ0) is 20.3. The van der Waals surface area contributed by atoms with Gasteiger partial charge in [-0.25, -0.2) is 0 Å². The number of carbonyl (C=O) groups excluding carboxylic acids is 3. The molecule has 0 N–H and O–H groups in total. The minimum absolute atomic E-state index is 0.273. The summed E-state index contributed by atoms with van der Waals surface area (Å²) < 4.78 is 31.3. The highest BCUT2D eigenvalue weighted by molar-refractivity contribution is 5.66. The van der Waals surface area contributed by atoms with Gasteiger partial charge in [0.15, 0.2) is 0 Å². The molecule has 9 nitrogen and oxygen atoms in total. The summed E-state index contributed by atoms with van der Waals surface area (Å²) in [6, 6.07) is 0. The Bertz CT molecular complexity index is 386. The lowest BCUT2D eigenvalue weighted by molar-refractivity contribution is -0.143. The van der Waals surface area contributed by atoms with E-state index in [0.717, 1.165) is 0 Å². The van der Waals surface area contributed by atoms with E-state index in [2.05, 4.69) is 0 Å². The van der Waals surface area contributed by atoms with Gasteiger partial charge in [-0.15, -0.1) is 0 Å². The van der Waals surface area contributed by atoms with Crippen LogP contribution in [0.5, 0.6) is 0 Å². The number of hydrogen-bond donors (Lipinski definition) is 0. The molecule has 9 heteroatoms.